The fraction of sp³-hybridized carbons (Fsp3) is 0.136. The van der Waals surface area contributed by atoms with E-state index in [4.69, 9.17) is 4.74 Å². The molecule has 1 atom stereocenters. The second-order valence-electron chi connectivity index (χ2n) is 6.32. The number of para-hydroxylation sites is 1. The van der Waals surface area contributed by atoms with Gasteiger partial charge < -0.3 is 20.7 Å². The van der Waals surface area contributed by atoms with Crippen LogP contribution >= 0.6 is 0 Å². The number of hydrogen-bond donors (Lipinski definition) is 3. The molecule has 0 aliphatic rings. The Balaban J connectivity index is 1.59. The minimum atomic E-state index is -0.325. The normalized spacial score (nSPS) is 11.2. The average molecular weight is 390 g/mol. The van der Waals surface area contributed by atoms with E-state index in [2.05, 4.69) is 20.9 Å². The van der Waals surface area contributed by atoms with Crippen molar-refractivity contribution in [3.8, 4) is 5.88 Å². The fourth-order valence-corrected chi connectivity index (χ4v) is 2.75. The van der Waals surface area contributed by atoms with Crippen molar-refractivity contribution in [3.05, 3.63) is 84.1 Å². The zero-order chi connectivity index (χ0) is 20.6. The number of methoxy groups -OCH3 is 1. The molecule has 3 aromatic rings. The lowest BCUT2D eigenvalue weighted by molar-refractivity contribution is 0.0936. The minimum Gasteiger partial charge on any atom is -0.480 e. The first-order chi connectivity index (χ1) is 14.1. The molecule has 0 bridgehead atoms. The van der Waals surface area contributed by atoms with Crippen LogP contribution in [0.25, 0.3) is 0 Å². The molecule has 3 N–H and O–H groups in total. The van der Waals surface area contributed by atoms with Gasteiger partial charge in [-0.15, -0.1) is 0 Å². The molecule has 1 unspecified atom stereocenters. The third-order valence-electron chi connectivity index (χ3n) is 4.26. The van der Waals surface area contributed by atoms with Crippen LogP contribution in [0.3, 0.4) is 0 Å². The van der Waals surface area contributed by atoms with E-state index >= 15 is 0 Å². The number of pyridine rings is 1. The fourth-order valence-electron chi connectivity index (χ4n) is 2.75. The Hall–Kier alpha value is -3.87. The van der Waals surface area contributed by atoms with E-state index in [0.717, 1.165) is 5.56 Å². The molecule has 0 saturated heterocycles. The van der Waals surface area contributed by atoms with Crippen molar-refractivity contribution < 1.29 is 14.3 Å². The van der Waals surface area contributed by atoms with Crippen LogP contribution in [0.2, 0.25) is 0 Å². The smallest absolute Gasteiger partial charge is 0.323 e. The summed E-state index contributed by atoms with van der Waals surface area (Å²) in [6, 6.07) is 19.2. The van der Waals surface area contributed by atoms with Crippen LogP contribution in [-0.2, 0) is 0 Å². The summed E-state index contributed by atoms with van der Waals surface area (Å²) in [6.45, 7) is 1.88. The van der Waals surface area contributed by atoms with Crippen LogP contribution in [0.1, 0.15) is 28.9 Å². The summed E-state index contributed by atoms with van der Waals surface area (Å²) in [4.78, 5) is 28.6. The monoisotopic (exact) mass is 390 g/mol. The summed E-state index contributed by atoms with van der Waals surface area (Å²) in [5.74, 6) is 0.00747. The number of urea groups is 1. The van der Waals surface area contributed by atoms with E-state index in [9.17, 15) is 9.59 Å². The van der Waals surface area contributed by atoms with Gasteiger partial charge in [-0.05, 0) is 48.9 Å². The van der Waals surface area contributed by atoms with Gasteiger partial charge in [0.25, 0.3) is 5.91 Å². The van der Waals surface area contributed by atoms with Crippen LogP contribution in [-0.4, -0.2) is 24.0 Å². The zero-order valence-electron chi connectivity index (χ0n) is 16.2. The maximum absolute atomic E-state index is 12.5. The number of nitrogens with zero attached hydrogens (tertiary/aromatic N) is 1. The van der Waals surface area contributed by atoms with Crippen molar-refractivity contribution in [1.82, 2.24) is 10.3 Å². The van der Waals surface area contributed by atoms with Crippen LogP contribution in [0.15, 0.2) is 72.9 Å². The van der Waals surface area contributed by atoms with Crippen LogP contribution in [0, 0.1) is 0 Å². The van der Waals surface area contributed by atoms with E-state index in [-0.39, 0.29) is 23.9 Å². The van der Waals surface area contributed by atoms with Gasteiger partial charge in [0.1, 0.15) is 5.56 Å². The van der Waals surface area contributed by atoms with Crippen LogP contribution in [0.4, 0.5) is 16.2 Å². The maximum Gasteiger partial charge on any atom is 0.323 e. The molecular weight excluding hydrogens is 368 g/mol. The molecule has 1 heterocycles. The predicted octanol–water partition coefficient (Wildman–Crippen LogP) is 4.23. The van der Waals surface area contributed by atoms with Gasteiger partial charge in [-0.3, -0.25) is 4.79 Å². The number of rotatable bonds is 6. The number of amides is 3. The summed E-state index contributed by atoms with van der Waals surface area (Å²) >= 11 is 0. The molecule has 0 fully saturated rings. The molecule has 2 aromatic carbocycles. The first-order valence-electron chi connectivity index (χ1n) is 9.09. The molecule has 29 heavy (non-hydrogen) atoms. The Morgan fingerprint density at radius 2 is 1.55 bits per heavy atom. The molecule has 148 valence electrons. The zero-order valence-corrected chi connectivity index (χ0v) is 16.2. The molecule has 1 aromatic heterocycles. The number of carbonyl (C=O) groups is 2. The highest BCUT2D eigenvalue weighted by Gasteiger charge is 2.16. The standard InChI is InChI=1S/C22H22N4O3/c1-15(24-20(27)19-9-6-14-23-21(19)29-2)16-10-12-18(13-11-16)26-22(28)25-17-7-4-3-5-8-17/h3-15H,1-2H3,(H,24,27)(H2,25,26,28). The van der Waals surface area contributed by atoms with E-state index in [1.807, 2.05) is 49.4 Å². The van der Waals surface area contributed by atoms with Crippen molar-refractivity contribution in [2.75, 3.05) is 17.7 Å². The van der Waals surface area contributed by atoms with Crippen molar-refractivity contribution in [2.24, 2.45) is 0 Å². The van der Waals surface area contributed by atoms with Crippen LogP contribution in [0.5, 0.6) is 5.88 Å². The summed E-state index contributed by atoms with van der Waals surface area (Å²) in [6.07, 6.45) is 1.57. The number of ether oxygens (including phenoxy) is 1. The lowest BCUT2D eigenvalue weighted by Gasteiger charge is -2.16. The highest BCUT2D eigenvalue weighted by Crippen LogP contribution is 2.19. The third kappa shape index (κ3) is 5.32. The van der Waals surface area contributed by atoms with E-state index in [0.29, 0.717) is 16.9 Å². The van der Waals surface area contributed by atoms with Gasteiger partial charge in [-0.1, -0.05) is 30.3 Å². The SMILES string of the molecule is COc1ncccc1C(=O)NC(C)c1ccc(NC(=O)Nc2ccccc2)cc1. The molecule has 3 amide bonds. The Morgan fingerprint density at radius 1 is 0.897 bits per heavy atom. The summed E-state index contributed by atoms with van der Waals surface area (Å²) < 4.78 is 5.13. The first kappa shape index (κ1) is 19.9. The molecule has 3 rings (SSSR count). The number of carbonyl (C=O) groups excluding carboxylic acids is 2. The molecule has 0 saturated carbocycles. The Labute approximate surface area is 169 Å². The third-order valence-corrected chi connectivity index (χ3v) is 4.26. The Bertz CT molecular complexity index is 975. The lowest BCUT2D eigenvalue weighted by Crippen LogP contribution is -2.27. The topological polar surface area (TPSA) is 92.3 Å². The second kappa shape index (κ2) is 9.36. The lowest BCUT2D eigenvalue weighted by atomic mass is 10.1. The predicted molar refractivity (Wildman–Crippen MR) is 112 cm³/mol. The van der Waals surface area contributed by atoms with Gasteiger partial charge in [0.2, 0.25) is 5.88 Å². The largest absolute Gasteiger partial charge is 0.480 e. The summed E-state index contributed by atoms with van der Waals surface area (Å²) in [7, 11) is 1.47. The first-order valence-corrected chi connectivity index (χ1v) is 9.09. The summed E-state index contributed by atoms with van der Waals surface area (Å²) in [5.41, 5.74) is 2.63. The maximum atomic E-state index is 12.5. The van der Waals surface area contributed by atoms with E-state index in [1.54, 1.807) is 30.5 Å². The quantitative estimate of drug-likeness (QED) is 0.587. The van der Waals surface area contributed by atoms with Gasteiger partial charge in [0.15, 0.2) is 0 Å². The minimum absolute atomic E-state index is 0.236. The van der Waals surface area contributed by atoms with Gasteiger partial charge in [-0.25, -0.2) is 9.78 Å². The van der Waals surface area contributed by atoms with Crippen molar-refractivity contribution in [1.29, 1.82) is 0 Å². The van der Waals surface area contributed by atoms with E-state index < -0.39 is 0 Å². The van der Waals surface area contributed by atoms with Crippen LogP contribution < -0.4 is 20.7 Å². The number of aromatic nitrogens is 1. The molecule has 0 aliphatic carbocycles. The van der Waals surface area contributed by atoms with Gasteiger partial charge in [0.05, 0.1) is 13.2 Å². The highest BCUT2D eigenvalue weighted by molar-refractivity contribution is 5.99. The van der Waals surface area contributed by atoms with Gasteiger partial charge >= 0.3 is 6.03 Å². The molecular formula is C22H22N4O3. The summed E-state index contributed by atoms with van der Waals surface area (Å²) in [5, 5.41) is 8.46. The molecule has 0 aliphatic heterocycles. The number of benzene rings is 2. The number of anilines is 2. The average Bonchev–Trinajstić information content (AvgIpc) is 2.74. The molecule has 7 nitrogen and oxygen atoms in total. The molecule has 7 heteroatoms. The molecule has 0 spiro atoms. The van der Waals surface area contributed by atoms with Crippen molar-refractivity contribution >= 4 is 23.3 Å². The van der Waals surface area contributed by atoms with E-state index in [1.165, 1.54) is 7.11 Å². The molecule has 0 radical (unpaired) electrons. The van der Waals surface area contributed by atoms with Crippen molar-refractivity contribution in [3.63, 3.8) is 0 Å². The highest BCUT2D eigenvalue weighted by atomic mass is 16.5. The number of hydrogen-bond acceptors (Lipinski definition) is 4. The number of nitrogens with one attached hydrogen (secondary N) is 3. The second-order valence-corrected chi connectivity index (χ2v) is 6.32. The Kier molecular flexibility index (Phi) is 6.42. The van der Waals surface area contributed by atoms with Crippen molar-refractivity contribution in [2.45, 2.75) is 13.0 Å². The Morgan fingerprint density at radius 3 is 2.21 bits per heavy atom. The van der Waals surface area contributed by atoms with Gasteiger partial charge in [-0.2, -0.15) is 0 Å². The van der Waals surface area contributed by atoms with Gasteiger partial charge in [0, 0.05) is 17.6 Å².